The van der Waals surface area contributed by atoms with Crippen LogP contribution in [0.3, 0.4) is 0 Å². The fourth-order valence-corrected chi connectivity index (χ4v) is 2.25. The van der Waals surface area contributed by atoms with Gasteiger partial charge in [0, 0.05) is 23.3 Å². The lowest BCUT2D eigenvalue weighted by molar-refractivity contribution is -0.132. The number of benzene rings is 1. The molecule has 1 N–H and O–H groups in total. The summed E-state index contributed by atoms with van der Waals surface area (Å²) in [5, 5.41) is 2.94. The van der Waals surface area contributed by atoms with Crippen LogP contribution in [0.4, 0.5) is 0 Å². The van der Waals surface area contributed by atoms with Crippen molar-refractivity contribution in [3.63, 3.8) is 0 Å². The quantitative estimate of drug-likeness (QED) is 0.903. The Labute approximate surface area is 134 Å². The highest BCUT2D eigenvalue weighted by Crippen LogP contribution is 2.23. The van der Waals surface area contributed by atoms with Crippen LogP contribution in [0.25, 0.3) is 0 Å². The van der Waals surface area contributed by atoms with Crippen molar-refractivity contribution < 1.29 is 9.59 Å². The molecular weight excluding hydrogens is 274 g/mol. The van der Waals surface area contributed by atoms with Crippen molar-refractivity contribution in [1.82, 2.24) is 5.32 Å². The van der Waals surface area contributed by atoms with Crippen LogP contribution in [0.1, 0.15) is 47.1 Å². The van der Waals surface area contributed by atoms with Crippen LogP contribution in [0, 0.1) is 16.7 Å². The Morgan fingerprint density at radius 1 is 0.955 bits per heavy atom. The van der Waals surface area contributed by atoms with E-state index in [1.165, 1.54) is 0 Å². The molecule has 0 aliphatic heterocycles. The molecule has 0 fully saturated rings. The molecule has 22 heavy (non-hydrogen) atoms. The van der Waals surface area contributed by atoms with Gasteiger partial charge < -0.3 is 5.32 Å². The van der Waals surface area contributed by atoms with E-state index in [1.54, 1.807) is 0 Å². The second-order valence-corrected chi connectivity index (χ2v) is 7.96. The largest absolute Gasteiger partial charge is 0.355 e. The van der Waals surface area contributed by atoms with E-state index in [0.717, 1.165) is 5.56 Å². The normalized spacial score (nSPS) is 13.5. The molecule has 0 spiro atoms. The fraction of sp³-hybridized carbons (Fsp3) is 0.579. The molecule has 0 radical (unpaired) electrons. The second kappa shape index (κ2) is 7.08. The summed E-state index contributed by atoms with van der Waals surface area (Å²) in [6.45, 7) is 11.8. The predicted octanol–water partition coefficient (Wildman–Crippen LogP) is 3.62. The zero-order chi connectivity index (χ0) is 17.0. The van der Waals surface area contributed by atoms with Crippen molar-refractivity contribution in [3.8, 4) is 0 Å². The van der Waals surface area contributed by atoms with Crippen LogP contribution in [0.2, 0.25) is 0 Å². The van der Waals surface area contributed by atoms with Crippen molar-refractivity contribution in [2.45, 2.75) is 48.0 Å². The predicted molar refractivity (Wildman–Crippen MR) is 90.6 cm³/mol. The molecule has 1 atom stereocenters. The summed E-state index contributed by atoms with van der Waals surface area (Å²) in [6.07, 6.45) is 0.654. The first-order chi connectivity index (χ1) is 10.0. The Morgan fingerprint density at radius 3 is 1.95 bits per heavy atom. The lowest BCUT2D eigenvalue weighted by Gasteiger charge is -2.26. The Morgan fingerprint density at radius 2 is 1.50 bits per heavy atom. The number of hydrogen-bond acceptors (Lipinski definition) is 2. The third-order valence-electron chi connectivity index (χ3n) is 3.63. The first-order valence-corrected chi connectivity index (χ1v) is 7.88. The van der Waals surface area contributed by atoms with Crippen molar-refractivity contribution in [2.24, 2.45) is 16.7 Å². The molecule has 3 nitrogen and oxygen atoms in total. The van der Waals surface area contributed by atoms with Gasteiger partial charge in [0.2, 0.25) is 5.91 Å². The van der Waals surface area contributed by atoms with Crippen molar-refractivity contribution in [2.75, 3.05) is 6.54 Å². The molecule has 3 heteroatoms. The van der Waals surface area contributed by atoms with Gasteiger partial charge >= 0.3 is 0 Å². The minimum absolute atomic E-state index is 0.0210. The Balaban J connectivity index is 2.83. The molecule has 0 aromatic heterocycles. The van der Waals surface area contributed by atoms with E-state index in [0.29, 0.717) is 13.0 Å². The molecule has 1 amide bonds. The molecule has 0 saturated heterocycles. The molecule has 0 aliphatic rings. The van der Waals surface area contributed by atoms with E-state index in [2.05, 4.69) is 5.32 Å². The second-order valence-electron chi connectivity index (χ2n) is 7.96. The lowest BCUT2D eigenvalue weighted by atomic mass is 9.80. The SMILES string of the molecule is CC(C)(C)C(=O)NC[C@@H](Cc1ccccc1)C(=O)C(C)(C)C. The van der Waals surface area contributed by atoms with Crippen LogP contribution in [-0.4, -0.2) is 18.2 Å². The standard InChI is InChI=1S/C19H29NO2/c1-18(2,3)16(21)15(12-14-10-8-7-9-11-14)13-20-17(22)19(4,5)6/h7-11,15H,12-13H2,1-6H3,(H,20,22)/t15-/m1/s1. The van der Waals surface area contributed by atoms with E-state index in [1.807, 2.05) is 71.9 Å². The van der Waals surface area contributed by atoms with Gasteiger partial charge in [-0.1, -0.05) is 71.9 Å². The molecule has 0 bridgehead atoms. The number of nitrogens with one attached hydrogen (secondary N) is 1. The van der Waals surface area contributed by atoms with Crippen molar-refractivity contribution >= 4 is 11.7 Å². The smallest absolute Gasteiger partial charge is 0.225 e. The average molecular weight is 303 g/mol. The third kappa shape index (κ3) is 5.63. The van der Waals surface area contributed by atoms with E-state index >= 15 is 0 Å². The molecule has 0 saturated carbocycles. The highest BCUT2D eigenvalue weighted by molar-refractivity contribution is 5.87. The minimum atomic E-state index is -0.442. The lowest BCUT2D eigenvalue weighted by Crippen LogP contribution is -2.42. The number of hydrogen-bond donors (Lipinski definition) is 1. The Hall–Kier alpha value is -1.64. The van der Waals surface area contributed by atoms with Gasteiger partial charge in [0.05, 0.1) is 0 Å². The molecule has 0 unspecified atom stereocenters. The topological polar surface area (TPSA) is 46.2 Å². The Bertz CT molecular complexity index is 506. The van der Waals surface area contributed by atoms with Gasteiger partial charge in [-0.3, -0.25) is 9.59 Å². The highest BCUT2D eigenvalue weighted by atomic mass is 16.2. The zero-order valence-corrected chi connectivity index (χ0v) is 14.7. The van der Waals surface area contributed by atoms with Crippen LogP contribution in [-0.2, 0) is 16.0 Å². The number of ketones is 1. The van der Waals surface area contributed by atoms with E-state index in [-0.39, 0.29) is 17.6 Å². The maximum Gasteiger partial charge on any atom is 0.225 e. The van der Waals surface area contributed by atoms with Crippen LogP contribution < -0.4 is 5.32 Å². The van der Waals surface area contributed by atoms with Gasteiger partial charge in [0.1, 0.15) is 5.78 Å². The zero-order valence-electron chi connectivity index (χ0n) is 14.7. The first kappa shape index (κ1) is 18.4. The van der Waals surface area contributed by atoms with Crippen molar-refractivity contribution in [3.05, 3.63) is 35.9 Å². The van der Waals surface area contributed by atoms with Crippen LogP contribution in [0.15, 0.2) is 30.3 Å². The van der Waals surface area contributed by atoms with Gasteiger partial charge in [-0.25, -0.2) is 0 Å². The monoisotopic (exact) mass is 303 g/mol. The number of carbonyl (C=O) groups excluding carboxylic acids is 2. The van der Waals surface area contributed by atoms with E-state index in [4.69, 9.17) is 0 Å². The Kier molecular flexibility index (Phi) is 5.92. The summed E-state index contributed by atoms with van der Waals surface area (Å²) in [5.74, 6) is -0.0356. The first-order valence-electron chi connectivity index (χ1n) is 7.88. The molecule has 1 rings (SSSR count). The highest BCUT2D eigenvalue weighted by Gasteiger charge is 2.31. The molecule has 1 aromatic carbocycles. The summed E-state index contributed by atoms with van der Waals surface area (Å²) >= 11 is 0. The minimum Gasteiger partial charge on any atom is -0.355 e. The van der Waals surface area contributed by atoms with E-state index < -0.39 is 10.8 Å². The average Bonchev–Trinajstić information content (AvgIpc) is 2.41. The number of amides is 1. The maximum atomic E-state index is 12.7. The van der Waals surface area contributed by atoms with Crippen LogP contribution in [0.5, 0.6) is 0 Å². The van der Waals surface area contributed by atoms with Crippen molar-refractivity contribution in [1.29, 1.82) is 0 Å². The van der Waals surface area contributed by atoms with Gasteiger partial charge in [-0.2, -0.15) is 0 Å². The molecule has 122 valence electrons. The van der Waals surface area contributed by atoms with Gasteiger partial charge in [-0.05, 0) is 12.0 Å². The van der Waals surface area contributed by atoms with Gasteiger partial charge in [0.25, 0.3) is 0 Å². The molecule has 0 aliphatic carbocycles. The van der Waals surface area contributed by atoms with E-state index in [9.17, 15) is 9.59 Å². The number of carbonyl (C=O) groups is 2. The van der Waals surface area contributed by atoms with Gasteiger partial charge in [-0.15, -0.1) is 0 Å². The molecule has 0 heterocycles. The summed E-state index contributed by atoms with van der Waals surface area (Å²) in [6, 6.07) is 9.96. The summed E-state index contributed by atoms with van der Waals surface area (Å²) in [5.41, 5.74) is 0.267. The van der Waals surface area contributed by atoms with Crippen LogP contribution >= 0.6 is 0 Å². The van der Waals surface area contributed by atoms with Gasteiger partial charge in [0.15, 0.2) is 0 Å². The molecular formula is C19H29NO2. The number of rotatable bonds is 5. The summed E-state index contributed by atoms with van der Waals surface area (Å²) in [7, 11) is 0. The maximum absolute atomic E-state index is 12.7. The molecule has 1 aromatic rings. The summed E-state index contributed by atoms with van der Waals surface area (Å²) in [4.78, 5) is 24.8. The summed E-state index contributed by atoms with van der Waals surface area (Å²) < 4.78 is 0. The third-order valence-corrected chi connectivity index (χ3v) is 3.63. The number of Topliss-reactive ketones (excluding diaryl/α,β-unsaturated/α-hetero) is 1. The fourth-order valence-electron chi connectivity index (χ4n) is 2.25.